The number of methoxy groups -OCH3 is 1. The van der Waals surface area contributed by atoms with Crippen LogP contribution >= 0.6 is 0 Å². The van der Waals surface area contributed by atoms with Crippen LogP contribution in [0, 0.1) is 6.92 Å². The van der Waals surface area contributed by atoms with Crippen LogP contribution in [0.25, 0.3) is 0 Å². The standard InChI is InChI=1S/C29H28N2O4/c1-17-8-10-19(11-9-17)21-14-24-28(25(33)15-21)29(31-23-7-5-4-6-22(23)30-24)20-12-13-26(35-18(2)32)27(16-20)34-3/h4-13,16,21,29-31H,14-15H2,1-3H3/t21-,29+/m0/s1. The maximum absolute atomic E-state index is 13.7. The second-order valence-corrected chi connectivity index (χ2v) is 9.08. The Morgan fingerprint density at radius 2 is 1.63 bits per heavy atom. The van der Waals surface area contributed by atoms with Gasteiger partial charge in [-0.3, -0.25) is 9.59 Å². The van der Waals surface area contributed by atoms with E-state index in [1.807, 2.05) is 36.4 Å². The summed E-state index contributed by atoms with van der Waals surface area (Å²) in [6, 6.07) is 21.4. The molecule has 0 unspecified atom stereocenters. The highest BCUT2D eigenvalue weighted by Crippen LogP contribution is 2.45. The lowest BCUT2D eigenvalue weighted by molar-refractivity contribution is -0.132. The predicted molar refractivity (Wildman–Crippen MR) is 136 cm³/mol. The lowest BCUT2D eigenvalue weighted by atomic mass is 9.78. The number of hydrogen-bond acceptors (Lipinski definition) is 6. The van der Waals surface area contributed by atoms with Crippen LogP contribution in [0.15, 0.2) is 78.0 Å². The molecule has 1 aliphatic heterocycles. The number of allylic oxidation sites excluding steroid dienone is 1. The van der Waals surface area contributed by atoms with Gasteiger partial charge in [0, 0.05) is 24.6 Å². The molecule has 2 atom stereocenters. The maximum Gasteiger partial charge on any atom is 0.308 e. The molecule has 3 aromatic carbocycles. The Bertz CT molecular complexity index is 1330. The van der Waals surface area contributed by atoms with Crippen LogP contribution in [-0.2, 0) is 9.59 Å². The van der Waals surface area contributed by atoms with Gasteiger partial charge in [0.25, 0.3) is 0 Å². The van der Waals surface area contributed by atoms with E-state index in [-0.39, 0.29) is 17.7 Å². The molecule has 35 heavy (non-hydrogen) atoms. The molecule has 1 aliphatic carbocycles. The summed E-state index contributed by atoms with van der Waals surface area (Å²) in [6.07, 6.45) is 1.18. The van der Waals surface area contributed by atoms with Crippen LogP contribution in [0.3, 0.4) is 0 Å². The first kappa shape index (κ1) is 22.7. The average molecular weight is 469 g/mol. The van der Waals surface area contributed by atoms with Crippen LogP contribution in [0.2, 0.25) is 0 Å². The SMILES string of the molecule is COc1cc([C@H]2Nc3ccccc3NC3=C2C(=O)C[C@@H](c2ccc(C)cc2)C3)ccc1OC(C)=O. The first-order chi connectivity index (χ1) is 16.9. The van der Waals surface area contributed by atoms with Gasteiger partial charge in [-0.2, -0.15) is 0 Å². The fourth-order valence-electron chi connectivity index (χ4n) is 4.92. The molecule has 2 aliphatic rings. The minimum atomic E-state index is -0.420. The molecule has 0 radical (unpaired) electrons. The Hall–Kier alpha value is -4.06. The van der Waals surface area contributed by atoms with Crippen molar-refractivity contribution in [1.82, 2.24) is 0 Å². The van der Waals surface area contributed by atoms with Crippen LogP contribution in [-0.4, -0.2) is 18.9 Å². The normalized spacial score (nSPS) is 19.0. The van der Waals surface area contributed by atoms with E-state index in [0.717, 1.165) is 34.6 Å². The molecule has 0 amide bonds. The molecule has 0 saturated carbocycles. The zero-order valence-corrected chi connectivity index (χ0v) is 20.1. The van der Waals surface area contributed by atoms with Crippen molar-refractivity contribution in [1.29, 1.82) is 0 Å². The van der Waals surface area contributed by atoms with E-state index >= 15 is 0 Å². The van der Waals surface area contributed by atoms with Crippen molar-refractivity contribution in [2.24, 2.45) is 0 Å². The molecule has 3 aromatic rings. The van der Waals surface area contributed by atoms with Crippen LogP contribution in [0.1, 0.15) is 48.4 Å². The van der Waals surface area contributed by atoms with Gasteiger partial charge in [0.1, 0.15) is 0 Å². The Labute approximate surface area is 205 Å². The van der Waals surface area contributed by atoms with E-state index in [2.05, 4.69) is 41.8 Å². The lowest BCUT2D eigenvalue weighted by Crippen LogP contribution is -2.27. The van der Waals surface area contributed by atoms with Crippen molar-refractivity contribution >= 4 is 23.1 Å². The Balaban J connectivity index is 1.59. The molecule has 178 valence electrons. The van der Waals surface area contributed by atoms with Gasteiger partial charge in [-0.1, -0.05) is 48.0 Å². The van der Waals surface area contributed by atoms with E-state index in [4.69, 9.17) is 9.47 Å². The Morgan fingerprint density at radius 1 is 0.914 bits per heavy atom. The number of Topliss-reactive ketones (excluding diaryl/α,β-unsaturated/α-hetero) is 1. The topological polar surface area (TPSA) is 76.7 Å². The number of nitrogens with one attached hydrogen (secondary N) is 2. The minimum absolute atomic E-state index is 0.109. The van der Waals surface area contributed by atoms with Gasteiger partial charge in [0.15, 0.2) is 17.3 Å². The average Bonchev–Trinajstić information content (AvgIpc) is 3.01. The van der Waals surface area contributed by atoms with Crippen LogP contribution in [0.4, 0.5) is 11.4 Å². The van der Waals surface area contributed by atoms with E-state index in [9.17, 15) is 9.59 Å². The van der Waals surface area contributed by atoms with Crippen LogP contribution < -0.4 is 20.1 Å². The van der Waals surface area contributed by atoms with E-state index in [1.54, 1.807) is 6.07 Å². The molecule has 6 heteroatoms. The van der Waals surface area contributed by atoms with Crippen molar-refractivity contribution in [3.8, 4) is 11.5 Å². The summed E-state index contributed by atoms with van der Waals surface area (Å²) >= 11 is 0. The number of aryl methyl sites for hydroxylation is 1. The monoisotopic (exact) mass is 468 g/mol. The number of carbonyl (C=O) groups is 2. The molecule has 5 rings (SSSR count). The number of carbonyl (C=O) groups excluding carboxylic acids is 2. The first-order valence-electron chi connectivity index (χ1n) is 11.7. The van der Waals surface area contributed by atoms with Crippen molar-refractivity contribution in [3.05, 3.63) is 94.7 Å². The fraction of sp³-hybridized carbons (Fsp3) is 0.241. The summed E-state index contributed by atoms with van der Waals surface area (Å²) in [5.74, 6) is 0.586. The van der Waals surface area contributed by atoms with Gasteiger partial charge in [0.05, 0.1) is 24.5 Å². The quantitative estimate of drug-likeness (QED) is 0.366. The van der Waals surface area contributed by atoms with Crippen molar-refractivity contribution in [2.75, 3.05) is 17.7 Å². The van der Waals surface area contributed by atoms with Gasteiger partial charge in [-0.15, -0.1) is 0 Å². The van der Waals surface area contributed by atoms with Gasteiger partial charge < -0.3 is 20.1 Å². The van der Waals surface area contributed by atoms with Crippen molar-refractivity contribution in [2.45, 2.75) is 38.6 Å². The first-order valence-corrected chi connectivity index (χ1v) is 11.7. The summed E-state index contributed by atoms with van der Waals surface area (Å²) in [4.78, 5) is 25.2. The highest BCUT2D eigenvalue weighted by atomic mass is 16.6. The third kappa shape index (κ3) is 4.52. The highest BCUT2D eigenvalue weighted by Gasteiger charge is 2.36. The molecular weight excluding hydrogens is 440 g/mol. The summed E-state index contributed by atoms with van der Waals surface area (Å²) in [5.41, 5.74) is 6.73. The minimum Gasteiger partial charge on any atom is -0.493 e. The van der Waals surface area contributed by atoms with Gasteiger partial charge in [-0.25, -0.2) is 0 Å². The molecule has 6 nitrogen and oxygen atoms in total. The molecule has 2 N–H and O–H groups in total. The number of fused-ring (bicyclic) bond motifs is 1. The number of ether oxygens (including phenoxy) is 2. The number of benzene rings is 3. The molecule has 0 fully saturated rings. The second-order valence-electron chi connectivity index (χ2n) is 9.08. The zero-order chi connectivity index (χ0) is 24.5. The summed E-state index contributed by atoms with van der Waals surface area (Å²) < 4.78 is 10.8. The smallest absolute Gasteiger partial charge is 0.308 e. The van der Waals surface area contributed by atoms with Gasteiger partial charge in [0.2, 0.25) is 0 Å². The lowest BCUT2D eigenvalue weighted by Gasteiger charge is -2.30. The number of para-hydroxylation sites is 2. The third-order valence-corrected chi connectivity index (χ3v) is 6.63. The van der Waals surface area contributed by atoms with Crippen molar-refractivity contribution < 1.29 is 19.1 Å². The number of rotatable bonds is 4. The predicted octanol–water partition coefficient (Wildman–Crippen LogP) is 5.91. The molecule has 0 spiro atoms. The van der Waals surface area contributed by atoms with E-state index in [0.29, 0.717) is 17.9 Å². The van der Waals surface area contributed by atoms with E-state index in [1.165, 1.54) is 25.2 Å². The molecule has 0 aromatic heterocycles. The number of ketones is 1. The number of esters is 1. The van der Waals surface area contributed by atoms with Crippen LogP contribution in [0.5, 0.6) is 11.5 Å². The Morgan fingerprint density at radius 3 is 2.34 bits per heavy atom. The van der Waals surface area contributed by atoms with Gasteiger partial charge in [-0.05, 0) is 54.7 Å². The number of hydrogen-bond donors (Lipinski definition) is 2. The van der Waals surface area contributed by atoms with E-state index < -0.39 is 5.97 Å². The number of anilines is 2. The Kier molecular flexibility index (Phi) is 6.03. The molecule has 0 bridgehead atoms. The van der Waals surface area contributed by atoms with Crippen molar-refractivity contribution in [3.63, 3.8) is 0 Å². The maximum atomic E-state index is 13.7. The second kappa shape index (κ2) is 9.29. The molecule has 0 saturated heterocycles. The summed E-state index contributed by atoms with van der Waals surface area (Å²) in [7, 11) is 1.53. The zero-order valence-electron chi connectivity index (χ0n) is 20.1. The summed E-state index contributed by atoms with van der Waals surface area (Å²) in [6.45, 7) is 3.42. The largest absolute Gasteiger partial charge is 0.493 e. The molecule has 1 heterocycles. The van der Waals surface area contributed by atoms with Gasteiger partial charge >= 0.3 is 5.97 Å². The summed E-state index contributed by atoms with van der Waals surface area (Å²) in [5, 5.41) is 7.14. The third-order valence-electron chi connectivity index (χ3n) is 6.63. The highest BCUT2D eigenvalue weighted by molar-refractivity contribution is 6.01. The fourth-order valence-corrected chi connectivity index (χ4v) is 4.92. The molecular formula is C29H28N2O4.